The Kier molecular flexibility index (Phi) is 3.12. The molecule has 1 aromatic rings. The zero-order valence-corrected chi connectivity index (χ0v) is 8.13. The quantitative estimate of drug-likeness (QED) is 0.425. The van der Waals surface area contributed by atoms with Crippen LogP contribution < -0.4 is 0 Å². The Morgan fingerprint density at radius 2 is 1.47 bits per heavy atom. The fraction of sp³-hybridized carbons (Fsp3) is 0.300. The molecule has 82 valence electrons. The van der Waals surface area contributed by atoms with Crippen LogP contribution in [0.2, 0.25) is 0 Å². The average Bonchev–Trinajstić information content (AvgIpc) is 2.18. The van der Waals surface area contributed by atoms with Crippen molar-refractivity contribution in [2.24, 2.45) is 0 Å². The van der Waals surface area contributed by atoms with Gasteiger partial charge in [-0.05, 0) is 19.4 Å². The van der Waals surface area contributed by atoms with E-state index in [-0.39, 0.29) is 5.56 Å². The fourth-order valence-corrected chi connectivity index (χ4v) is 1.25. The molecule has 5 heteroatoms. The van der Waals surface area contributed by atoms with Crippen LogP contribution in [0.25, 0.3) is 0 Å². The summed E-state index contributed by atoms with van der Waals surface area (Å²) in [6.45, 7) is 2.25. The van der Waals surface area contributed by atoms with Crippen molar-refractivity contribution in [3.8, 4) is 0 Å². The second kappa shape index (κ2) is 4.00. The molecule has 0 saturated heterocycles. The molecule has 0 aromatic heterocycles. The summed E-state index contributed by atoms with van der Waals surface area (Å²) in [5.41, 5.74) is -0.805. The summed E-state index contributed by atoms with van der Waals surface area (Å²) in [5.74, 6) is -7.14. The molecule has 1 aromatic carbocycles. The van der Waals surface area contributed by atoms with Crippen molar-refractivity contribution in [1.82, 2.24) is 0 Å². The standard InChI is InChI=1S/C10H8F4O/c1-4(15)3-6-5(2)7(11)9(13)10(14)8(6)12/h3H2,1-2H3. The topological polar surface area (TPSA) is 17.1 Å². The lowest BCUT2D eigenvalue weighted by atomic mass is 10.0. The summed E-state index contributed by atoms with van der Waals surface area (Å²) >= 11 is 0. The Morgan fingerprint density at radius 1 is 1.00 bits per heavy atom. The van der Waals surface area contributed by atoms with Crippen molar-refractivity contribution in [3.63, 3.8) is 0 Å². The highest BCUT2D eigenvalue weighted by Gasteiger charge is 2.23. The van der Waals surface area contributed by atoms with E-state index in [1.807, 2.05) is 0 Å². The maximum Gasteiger partial charge on any atom is 0.197 e. The zero-order chi connectivity index (χ0) is 11.7. The fourth-order valence-electron chi connectivity index (χ4n) is 1.25. The SMILES string of the molecule is CC(=O)Cc1c(C)c(F)c(F)c(F)c1F. The van der Waals surface area contributed by atoms with E-state index in [0.29, 0.717) is 0 Å². The molecule has 0 saturated carbocycles. The van der Waals surface area contributed by atoms with Gasteiger partial charge in [-0.1, -0.05) is 0 Å². The molecule has 0 aliphatic heterocycles. The molecule has 0 spiro atoms. The summed E-state index contributed by atoms with van der Waals surface area (Å²) in [4.78, 5) is 10.7. The number of Topliss-reactive ketones (excluding diaryl/α,β-unsaturated/α-hetero) is 1. The van der Waals surface area contributed by atoms with Crippen molar-refractivity contribution in [2.45, 2.75) is 20.3 Å². The summed E-state index contributed by atoms with van der Waals surface area (Å²) in [6, 6.07) is 0. The third-order valence-corrected chi connectivity index (χ3v) is 2.05. The lowest BCUT2D eigenvalue weighted by Gasteiger charge is -2.08. The highest BCUT2D eigenvalue weighted by Crippen LogP contribution is 2.23. The van der Waals surface area contributed by atoms with Crippen LogP contribution in [0.4, 0.5) is 17.6 Å². The largest absolute Gasteiger partial charge is 0.300 e. The molecule has 0 atom stereocenters. The third-order valence-electron chi connectivity index (χ3n) is 2.05. The molecule has 1 rings (SSSR count). The number of carbonyl (C=O) groups excluding carboxylic acids is 1. The van der Waals surface area contributed by atoms with Gasteiger partial charge in [0.05, 0.1) is 0 Å². The van der Waals surface area contributed by atoms with Crippen LogP contribution in [-0.2, 0) is 11.2 Å². The molecule has 0 aliphatic carbocycles. The summed E-state index contributed by atoms with van der Waals surface area (Å²) in [6.07, 6.45) is -0.453. The Labute approximate surface area is 83.7 Å². The van der Waals surface area contributed by atoms with Crippen molar-refractivity contribution >= 4 is 5.78 Å². The molecule has 0 heterocycles. The minimum Gasteiger partial charge on any atom is -0.300 e. The number of ketones is 1. The van der Waals surface area contributed by atoms with Crippen molar-refractivity contribution in [1.29, 1.82) is 0 Å². The molecular weight excluding hydrogens is 212 g/mol. The zero-order valence-electron chi connectivity index (χ0n) is 8.13. The number of rotatable bonds is 2. The molecule has 15 heavy (non-hydrogen) atoms. The molecule has 0 unspecified atom stereocenters. The number of halogens is 4. The number of benzene rings is 1. The van der Waals surface area contributed by atoms with Crippen molar-refractivity contribution < 1.29 is 22.4 Å². The summed E-state index contributed by atoms with van der Waals surface area (Å²) < 4.78 is 51.6. The molecule has 0 radical (unpaired) electrons. The van der Waals surface area contributed by atoms with E-state index in [0.717, 1.165) is 13.8 Å². The monoisotopic (exact) mass is 220 g/mol. The summed E-state index contributed by atoms with van der Waals surface area (Å²) in [7, 11) is 0. The maximum atomic E-state index is 13.1. The second-order valence-corrected chi connectivity index (χ2v) is 3.24. The maximum absolute atomic E-state index is 13.1. The number of hydrogen-bond donors (Lipinski definition) is 0. The van der Waals surface area contributed by atoms with Crippen LogP contribution >= 0.6 is 0 Å². The van der Waals surface area contributed by atoms with E-state index in [1.54, 1.807) is 0 Å². The lowest BCUT2D eigenvalue weighted by molar-refractivity contribution is -0.116. The Balaban J connectivity index is 3.45. The van der Waals surface area contributed by atoms with Gasteiger partial charge in [-0.15, -0.1) is 0 Å². The van der Waals surface area contributed by atoms with Gasteiger partial charge < -0.3 is 0 Å². The predicted molar refractivity (Wildman–Crippen MR) is 45.4 cm³/mol. The molecule has 0 bridgehead atoms. The van der Waals surface area contributed by atoms with E-state index in [1.165, 1.54) is 0 Å². The van der Waals surface area contributed by atoms with Gasteiger partial charge >= 0.3 is 0 Å². The average molecular weight is 220 g/mol. The lowest BCUT2D eigenvalue weighted by Crippen LogP contribution is -2.09. The number of carbonyl (C=O) groups is 1. The van der Waals surface area contributed by atoms with Crippen LogP contribution in [0.3, 0.4) is 0 Å². The van der Waals surface area contributed by atoms with Gasteiger partial charge in [0.25, 0.3) is 0 Å². The Morgan fingerprint density at radius 3 is 1.93 bits per heavy atom. The first-order chi connectivity index (χ1) is 6.86. The Hall–Kier alpha value is -1.39. The van der Waals surface area contributed by atoms with Gasteiger partial charge in [0.2, 0.25) is 0 Å². The first-order valence-corrected chi connectivity index (χ1v) is 4.17. The first-order valence-electron chi connectivity index (χ1n) is 4.17. The highest BCUT2D eigenvalue weighted by atomic mass is 19.2. The van der Waals surface area contributed by atoms with Gasteiger partial charge in [0.15, 0.2) is 23.3 Å². The van der Waals surface area contributed by atoms with Crippen LogP contribution in [0.15, 0.2) is 0 Å². The molecule has 0 aliphatic rings. The smallest absolute Gasteiger partial charge is 0.197 e. The van der Waals surface area contributed by atoms with E-state index in [4.69, 9.17) is 0 Å². The normalized spacial score (nSPS) is 10.5. The molecule has 1 nitrogen and oxygen atoms in total. The predicted octanol–water partition coefficient (Wildman–Crippen LogP) is 2.68. The first kappa shape index (κ1) is 11.7. The molecule has 0 N–H and O–H groups in total. The van der Waals surface area contributed by atoms with Gasteiger partial charge in [0, 0.05) is 12.0 Å². The molecule has 0 amide bonds. The van der Waals surface area contributed by atoms with E-state index >= 15 is 0 Å². The van der Waals surface area contributed by atoms with Gasteiger partial charge in [-0.3, -0.25) is 4.79 Å². The summed E-state index contributed by atoms with van der Waals surface area (Å²) in [5, 5.41) is 0. The van der Waals surface area contributed by atoms with E-state index < -0.39 is 41.0 Å². The van der Waals surface area contributed by atoms with Crippen LogP contribution in [0.5, 0.6) is 0 Å². The molecular formula is C10H8F4O. The Bertz CT molecular complexity index is 397. The van der Waals surface area contributed by atoms with Crippen LogP contribution in [0, 0.1) is 30.2 Å². The van der Waals surface area contributed by atoms with Crippen LogP contribution in [0.1, 0.15) is 18.1 Å². The minimum atomic E-state index is -1.88. The van der Waals surface area contributed by atoms with Crippen molar-refractivity contribution in [3.05, 3.63) is 34.4 Å². The molecule has 0 fully saturated rings. The van der Waals surface area contributed by atoms with Gasteiger partial charge in [-0.25, -0.2) is 17.6 Å². The number of hydrogen-bond acceptors (Lipinski definition) is 1. The third kappa shape index (κ3) is 2.00. The highest BCUT2D eigenvalue weighted by molar-refractivity contribution is 5.78. The van der Waals surface area contributed by atoms with E-state index in [9.17, 15) is 22.4 Å². The minimum absolute atomic E-state index is 0.374. The van der Waals surface area contributed by atoms with Gasteiger partial charge in [-0.2, -0.15) is 0 Å². The van der Waals surface area contributed by atoms with Crippen molar-refractivity contribution in [2.75, 3.05) is 0 Å². The van der Waals surface area contributed by atoms with Gasteiger partial charge in [0.1, 0.15) is 5.78 Å². The van der Waals surface area contributed by atoms with Crippen LogP contribution in [-0.4, -0.2) is 5.78 Å². The van der Waals surface area contributed by atoms with E-state index in [2.05, 4.69) is 0 Å². The second-order valence-electron chi connectivity index (χ2n) is 3.24.